The number of aromatic hydroxyl groups is 1. The largest absolute Gasteiger partial charge is 0.508 e. The van der Waals surface area contributed by atoms with Crippen LogP contribution in [0.2, 0.25) is 0 Å². The summed E-state index contributed by atoms with van der Waals surface area (Å²) in [6.07, 6.45) is 0. The molecule has 0 amide bonds. The highest BCUT2D eigenvalue weighted by atomic mass is 32.1. The van der Waals surface area contributed by atoms with Gasteiger partial charge in [0, 0.05) is 11.5 Å². The van der Waals surface area contributed by atoms with Crippen molar-refractivity contribution in [3.8, 4) is 11.4 Å². The van der Waals surface area contributed by atoms with Gasteiger partial charge in [-0.3, -0.25) is 9.36 Å². The van der Waals surface area contributed by atoms with E-state index >= 15 is 0 Å². The second-order valence-corrected chi connectivity index (χ2v) is 5.65. The van der Waals surface area contributed by atoms with Gasteiger partial charge >= 0.3 is 5.97 Å². The van der Waals surface area contributed by atoms with E-state index in [0.717, 1.165) is 5.39 Å². The Morgan fingerprint density at radius 2 is 1.95 bits per heavy atom. The Hall–Kier alpha value is -2.60. The van der Waals surface area contributed by atoms with E-state index in [1.54, 1.807) is 31.2 Å². The first-order chi connectivity index (χ1) is 10.6. The predicted molar refractivity (Wildman–Crippen MR) is 85.0 cm³/mol. The highest BCUT2D eigenvalue weighted by molar-refractivity contribution is 7.20. The lowest BCUT2D eigenvalue weighted by Gasteiger charge is -2.06. The summed E-state index contributed by atoms with van der Waals surface area (Å²) < 4.78 is 6.52. The third-order valence-corrected chi connectivity index (χ3v) is 4.27. The predicted octanol–water partition coefficient (Wildman–Crippen LogP) is 2.93. The third-order valence-electron chi connectivity index (χ3n) is 3.15. The molecule has 112 valence electrons. The smallest absolute Gasteiger partial charge is 0.348 e. The molecule has 3 aromatic rings. The fraction of sp³-hybridized carbons (Fsp3) is 0.125. The molecule has 2 heterocycles. The summed E-state index contributed by atoms with van der Waals surface area (Å²) >= 11 is 1.21. The van der Waals surface area contributed by atoms with Gasteiger partial charge in [-0.2, -0.15) is 0 Å². The van der Waals surface area contributed by atoms with Crippen LogP contribution in [0, 0.1) is 0 Å². The maximum Gasteiger partial charge on any atom is 0.348 e. The SMILES string of the molecule is CCOC(=O)c1cc2ccc(=O)n(-c3ccc(O)cc3)c2s1. The van der Waals surface area contributed by atoms with Crippen molar-refractivity contribution < 1.29 is 14.6 Å². The van der Waals surface area contributed by atoms with Crippen LogP contribution in [0.15, 0.2) is 47.3 Å². The van der Waals surface area contributed by atoms with Gasteiger partial charge in [-0.15, -0.1) is 11.3 Å². The van der Waals surface area contributed by atoms with Crippen molar-refractivity contribution in [3.05, 3.63) is 57.7 Å². The molecule has 0 aliphatic rings. The molecule has 0 atom stereocenters. The topological polar surface area (TPSA) is 68.5 Å². The van der Waals surface area contributed by atoms with Gasteiger partial charge in [0.25, 0.3) is 5.56 Å². The summed E-state index contributed by atoms with van der Waals surface area (Å²) in [5, 5.41) is 10.2. The molecular formula is C16H13NO4S. The zero-order chi connectivity index (χ0) is 15.7. The molecule has 0 saturated heterocycles. The molecule has 0 aliphatic heterocycles. The van der Waals surface area contributed by atoms with E-state index < -0.39 is 5.97 Å². The van der Waals surface area contributed by atoms with Gasteiger partial charge in [0.2, 0.25) is 0 Å². The Balaban J connectivity index is 2.20. The fourth-order valence-electron chi connectivity index (χ4n) is 2.17. The number of carbonyl (C=O) groups is 1. The lowest BCUT2D eigenvalue weighted by atomic mass is 10.2. The van der Waals surface area contributed by atoms with Crippen LogP contribution in [0.1, 0.15) is 16.6 Å². The van der Waals surface area contributed by atoms with E-state index in [-0.39, 0.29) is 11.3 Å². The molecular weight excluding hydrogens is 302 g/mol. The van der Waals surface area contributed by atoms with E-state index in [2.05, 4.69) is 0 Å². The molecule has 0 radical (unpaired) electrons. The molecule has 2 aromatic heterocycles. The van der Waals surface area contributed by atoms with Crippen LogP contribution in [0.4, 0.5) is 0 Å². The number of esters is 1. The van der Waals surface area contributed by atoms with Crippen molar-refractivity contribution >= 4 is 27.5 Å². The molecule has 0 aliphatic carbocycles. The van der Waals surface area contributed by atoms with E-state index in [4.69, 9.17) is 4.74 Å². The van der Waals surface area contributed by atoms with Crippen molar-refractivity contribution in [2.45, 2.75) is 6.92 Å². The second kappa shape index (κ2) is 5.65. The Labute approximate surface area is 130 Å². The maximum atomic E-state index is 12.2. The summed E-state index contributed by atoms with van der Waals surface area (Å²) in [6, 6.07) is 11.2. The number of phenolic OH excluding ortho intramolecular Hbond substituents is 1. The van der Waals surface area contributed by atoms with Crippen molar-refractivity contribution in [2.75, 3.05) is 6.61 Å². The summed E-state index contributed by atoms with van der Waals surface area (Å²) in [5.41, 5.74) is 0.432. The Bertz CT molecular complexity index is 893. The van der Waals surface area contributed by atoms with Gasteiger partial charge in [-0.25, -0.2) is 4.79 Å². The summed E-state index contributed by atoms with van der Waals surface area (Å²) in [6.45, 7) is 2.05. The summed E-state index contributed by atoms with van der Waals surface area (Å²) in [5.74, 6) is -0.268. The highest BCUT2D eigenvalue weighted by Crippen LogP contribution is 2.27. The molecule has 6 heteroatoms. The number of carbonyl (C=O) groups excluding carboxylic acids is 1. The zero-order valence-corrected chi connectivity index (χ0v) is 12.6. The molecule has 1 N–H and O–H groups in total. The molecule has 0 bridgehead atoms. The first kappa shape index (κ1) is 14.3. The first-order valence-electron chi connectivity index (χ1n) is 6.72. The van der Waals surface area contributed by atoms with E-state index in [9.17, 15) is 14.7 Å². The van der Waals surface area contributed by atoms with Gasteiger partial charge in [-0.05, 0) is 43.3 Å². The Morgan fingerprint density at radius 1 is 1.23 bits per heavy atom. The number of rotatable bonds is 3. The normalized spacial score (nSPS) is 10.8. The minimum absolute atomic E-state index is 0.127. The average molecular weight is 315 g/mol. The molecule has 3 rings (SSSR count). The lowest BCUT2D eigenvalue weighted by Crippen LogP contribution is -2.16. The Kier molecular flexibility index (Phi) is 3.68. The number of pyridine rings is 1. The van der Waals surface area contributed by atoms with Crippen LogP contribution in [-0.2, 0) is 4.74 Å². The number of fused-ring (bicyclic) bond motifs is 1. The molecule has 5 nitrogen and oxygen atoms in total. The quantitative estimate of drug-likeness (QED) is 0.755. The number of benzene rings is 1. The number of nitrogens with zero attached hydrogens (tertiary/aromatic N) is 1. The number of aromatic nitrogens is 1. The Morgan fingerprint density at radius 3 is 2.64 bits per heavy atom. The van der Waals surface area contributed by atoms with Crippen LogP contribution >= 0.6 is 11.3 Å². The van der Waals surface area contributed by atoms with Crippen LogP contribution in [0.5, 0.6) is 5.75 Å². The number of hydrogen-bond donors (Lipinski definition) is 1. The molecule has 0 spiro atoms. The van der Waals surface area contributed by atoms with E-state index in [0.29, 0.717) is 22.0 Å². The van der Waals surface area contributed by atoms with Gasteiger partial charge in [0.05, 0.1) is 12.3 Å². The number of hydrogen-bond acceptors (Lipinski definition) is 5. The molecule has 1 aromatic carbocycles. The molecule has 0 saturated carbocycles. The van der Waals surface area contributed by atoms with Gasteiger partial charge in [0.15, 0.2) is 0 Å². The van der Waals surface area contributed by atoms with Gasteiger partial charge in [-0.1, -0.05) is 0 Å². The number of phenols is 1. The van der Waals surface area contributed by atoms with E-state index in [1.807, 2.05) is 0 Å². The van der Waals surface area contributed by atoms with E-state index in [1.165, 1.54) is 34.1 Å². The van der Waals surface area contributed by atoms with Crippen molar-refractivity contribution in [1.82, 2.24) is 4.57 Å². The summed E-state index contributed by atoms with van der Waals surface area (Å²) in [7, 11) is 0. The first-order valence-corrected chi connectivity index (χ1v) is 7.54. The van der Waals surface area contributed by atoms with Crippen LogP contribution < -0.4 is 5.56 Å². The summed E-state index contributed by atoms with van der Waals surface area (Å²) in [4.78, 5) is 25.2. The zero-order valence-electron chi connectivity index (χ0n) is 11.8. The van der Waals surface area contributed by atoms with Crippen LogP contribution in [-0.4, -0.2) is 22.2 Å². The monoisotopic (exact) mass is 315 g/mol. The number of ether oxygens (including phenoxy) is 1. The van der Waals surface area contributed by atoms with Crippen LogP contribution in [0.25, 0.3) is 15.9 Å². The van der Waals surface area contributed by atoms with Gasteiger partial charge in [0.1, 0.15) is 15.5 Å². The van der Waals surface area contributed by atoms with Gasteiger partial charge < -0.3 is 9.84 Å². The molecule has 0 unspecified atom stereocenters. The van der Waals surface area contributed by atoms with Crippen molar-refractivity contribution in [3.63, 3.8) is 0 Å². The maximum absolute atomic E-state index is 12.2. The fourth-order valence-corrected chi connectivity index (χ4v) is 3.24. The van der Waals surface area contributed by atoms with Crippen molar-refractivity contribution in [1.29, 1.82) is 0 Å². The highest BCUT2D eigenvalue weighted by Gasteiger charge is 2.15. The van der Waals surface area contributed by atoms with Crippen LogP contribution in [0.3, 0.4) is 0 Å². The minimum atomic E-state index is -0.395. The average Bonchev–Trinajstić information content (AvgIpc) is 2.93. The lowest BCUT2D eigenvalue weighted by molar-refractivity contribution is 0.0532. The standard InChI is InChI=1S/C16H13NO4S/c1-2-21-16(20)13-9-10-3-8-14(19)17(15(10)22-13)11-4-6-12(18)7-5-11/h3-9,18H,2H2,1H3. The number of thiophene rings is 1. The third kappa shape index (κ3) is 2.48. The van der Waals surface area contributed by atoms with Crippen molar-refractivity contribution in [2.24, 2.45) is 0 Å². The molecule has 22 heavy (non-hydrogen) atoms. The minimum Gasteiger partial charge on any atom is -0.508 e. The second-order valence-electron chi connectivity index (χ2n) is 4.61. The molecule has 0 fully saturated rings.